The molecule has 0 saturated carbocycles. The summed E-state index contributed by atoms with van der Waals surface area (Å²) in [6, 6.07) is 6.40. The third-order valence-corrected chi connectivity index (χ3v) is 5.42. The van der Waals surface area contributed by atoms with Gasteiger partial charge in [-0.2, -0.15) is 4.98 Å². The predicted molar refractivity (Wildman–Crippen MR) is 114 cm³/mol. The van der Waals surface area contributed by atoms with Gasteiger partial charge in [0.15, 0.2) is 11.6 Å². The average Bonchev–Trinajstić information content (AvgIpc) is 3.14. The highest BCUT2D eigenvalue weighted by molar-refractivity contribution is 5.97. The number of carbonyl (C=O) groups is 1. The monoisotopic (exact) mass is 427 g/mol. The second-order valence-electron chi connectivity index (χ2n) is 8.40. The van der Waals surface area contributed by atoms with E-state index < -0.39 is 17.5 Å². The second kappa shape index (κ2) is 8.55. The molecule has 0 bridgehead atoms. The Morgan fingerprint density at radius 2 is 1.90 bits per heavy atom. The largest absolute Gasteiger partial charge is 0.388 e. The van der Waals surface area contributed by atoms with E-state index in [-0.39, 0.29) is 29.2 Å². The van der Waals surface area contributed by atoms with E-state index in [1.807, 2.05) is 0 Å². The Kier molecular flexibility index (Phi) is 6.22. The maximum atomic E-state index is 13.4. The van der Waals surface area contributed by atoms with Crippen molar-refractivity contribution in [3.8, 4) is 11.1 Å². The molecule has 0 aliphatic rings. The maximum Gasteiger partial charge on any atom is 0.258 e. The van der Waals surface area contributed by atoms with Crippen molar-refractivity contribution in [2.24, 2.45) is 0 Å². The van der Waals surface area contributed by atoms with Gasteiger partial charge < -0.3 is 14.2 Å². The number of nitrogens with zero attached hydrogens (tertiary/aromatic N) is 3. The van der Waals surface area contributed by atoms with Crippen LogP contribution in [0.2, 0.25) is 0 Å². The van der Waals surface area contributed by atoms with Crippen molar-refractivity contribution in [3.63, 3.8) is 0 Å². The smallest absolute Gasteiger partial charge is 0.258 e. The minimum atomic E-state index is -1.21. The molecule has 1 aromatic carbocycles. The van der Waals surface area contributed by atoms with Crippen LogP contribution in [0.15, 0.2) is 45.8 Å². The first-order chi connectivity index (χ1) is 14.5. The van der Waals surface area contributed by atoms with E-state index in [4.69, 9.17) is 4.52 Å². The first-order valence-electron chi connectivity index (χ1n) is 10.0. The van der Waals surface area contributed by atoms with Crippen LogP contribution in [0.3, 0.4) is 0 Å². The van der Waals surface area contributed by atoms with Gasteiger partial charge in [-0.3, -0.25) is 9.59 Å². The number of rotatable bonds is 7. The molecule has 8 heteroatoms. The van der Waals surface area contributed by atoms with Gasteiger partial charge in [0.2, 0.25) is 5.89 Å². The van der Waals surface area contributed by atoms with Gasteiger partial charge in [-0.15, -0.1) is 0 Å². The van der Waals surface area contributed by atoms with Crippen LogP contribution in [0.1, 0.15) is 68.1 Å². The Morgan fingerprint density at radius 3 is 2.45 bits per heavy atom. The highest BCUT2D eigenvalue weighted by atomic mass is 19.1. The summed E-state index contributed by atoms with van der Waals surface area (Å²) in [7, 11) is 0. The third-order valence-electron chi connectivity index (χ3n) is 5.42. The highest BCUT2D eigenvalue weighted by Gasteiger charge is 2.27. The molecular weight excluding hydrogens is 401 g/mol. The highest BCUT2D eigenvalue weighted by Crippen LogP contribution is 2.26. The van der Waals surface area contributed by atoms with Crippen LogP contribution in [0.4, 0.5) is 4.39 Å². The summed E-state index contributed by atoms with van der Waals surface area (Å²) in [5, 5.41) is 14.2. The summed E-state index contributed by atoms with van der Waals surface area (Å²) < 4.78 is 19.9. The first-order valence-corrected chi connectivity index (χ1v) is 10.0. The fourth-order valence-corrected chi connectivity index (χ4v) is 3.22. The van der Waals surface area contributed by atoms with Crippen LogP contribution in [0.5, 0.6) is 0 Å². The van der Waals surface area contributed by atoms with Crippen molar-refractivity contribution in [1.82, 2.24) is 14.7 Å². The Hall–Kier alpha value is -3.13. The molecule has 2 atom stereocenters. The van der Waals surface area contributed by atoms with Crippen molar-refractivity contribution in [2.75, 3.05) is 0 Å². The summed E-state index contributed by atoms with van der Waals surface area (Å²) in [5.41, 5.74) is -0.543. The number of Topliss-reactive ketones (excluding diaryl/α,β-unsaturated/α-hetero) is 1. The lowest BCUT2D eigenvalue weighted by molar-refractivity contribution is 0.0291. The lowest BCUT2D eigenvalue weighted by atomic mass is 9.96. The molecule has 0 amide bonds. The molecule has 1 N–H and O–H groups in total. The molecule has 0 fully saturated rings. The van der Waals surface area contributed by atoms with Crippen molar-refractivity contribution in [1.29, 1.82) is 0 Å². The summed E-state index contributed by atoms with van der Waals surface area (Å²) >= 11 is 0. The number of hydrogen-bond donors (Lipinski definition) is 1. The van der Waals surface area contributed by atoms with E-state index in [0.717, 1.165) is 0 Å². The second-order valence-corrected chi connectivity index (χ2v) is 8.40. The fraction of sp³-hybridized carbons (Fsp3) is 0.391. The predicted octanol–water partition coefficient (Wildman–Crippen LogP) is 4.05. The molecule has 164 valence electrons. The molecule has 2 aromatic heterocycles. The van der Waals surface area contributed by atoms with Crippen LogP contribution in [-0.4, -0.2) is 31.2 Å². The fourth-order valence-electron chi connectivity index (χ4n) is 3.22. The van der Waals surface area contributed by atoms with Crippen LogP contribution >= 0.6 is 0 Å². The molecule has 7 nitrogen and oxygen atoms in total. The molecule has 0 spiro atoms. The van der Waals surface area contributed by atoms with Gasteiger partial charge in [-0.05, 0) is 51.5 Å². The summed E-state index contributed by atoms with van der Waals surface area (Å²) in [6.45, 7) is 8.39. The van der Waals surface area contributed by atoms with Crippen LogP contribution < -0.4 is 5.56 Å². The zero-order chi connectivity index (χ0) is 22.9. The normalized spacial score (nSPS) is 13.8. The molecule has 3 rings (SSSR count). The van der Waals surface area contributed by atoms with Gasteiger partial charge in [0.05, 0.1) is 11.6 Å². The molecule has 2 heterocycles. The summed E-state index contributed by atoms with van der Waals surface area (Å²) in [5.74, 6) is -0.105. The van der Waals surface area contributed by atoms with Crippen LogP contribution in [0, 0.1) is 12.7 Å². The maximum absolute atomic E-state index is 13.4. The number of hydrogen-bond acceptors (Lipinski definition) is 6. The van der Waals surface area contributed by atoms with Crippen molar-refractivity contribution in [3.05, 3.63) is 70.0 Å². The Balaban J connectivity index is 2.06. The summed E-state index contributed by atoms with van der Waals surface area (Å²) in [6.07, 6.45) is 1.56. The number of carbonyl (C=O) groups excluding carboxylic acids is 1. The van der Waals surface area contributed by atoms with E-state index in [0.29, 0.717) is 22.8 Å². The molecule has 0 saturated heterocycles. The molecular formula is C23H26FN3O4. The molecule has 31 heavy (non-hydrogen) atoms. The summed E-state index contributed by atoms with van der Waals surface area (Å²) in [4.78, 5) is 30.4. The first kappa shape index (κ1) is 22.6. The molecule has 0 aliphatic heterocycles. The van der Waals surface area contributed by atoms with E-state index >= 15 is 0 Å². The SMILES string of the molecule is Cc1noc([C@@H](C)CC(=O)c2cc(-c3ccc(F)cc3)c(=O)n([C@@H](C)C(C)(C)O)c2)n1. The number of benzene rings is 1. The molecule has 0 unspecified atom stereocenters. The third kappa shape index (κ3) is 4.96. The number of aryl methyl sites for hydroxylation is 1. The quantitative estimate of drug-likeness (QED) is 0.571. The number of pyridine rings is 1. The van der Waals surface area contributed by atoms with E-state index in [2.05, 4.69) is 10.1 Å². The van der Waals surface area contributed by atoms with Crippen molar-refractivity contribution >= 4 is 5.78 Å². The van der Waals surface area contributed by atoms with Gasteiger partial charge in [0, 0.05) is 29.7 Å². The van der Waals surface area contributed by atoms with Gasteiger partial charge in [-0.1, -0.05) is 24.2 Å². The number of aliphatic hydroxyl groups is 1. The lowest BCUT2D eigenvalue weighted by Gasteiger charge is -2.28. The van der Waals surface area contributed by atoms with Gasteiger partial charge >= 0.3 is 0 Å². The Labute approximate surface area is 179 Å². The van der Waals surface area contributed by atoms with Crippen LogP contribution in [-0.2, 0) is 0 Å². The zero-order valence-electron chi connectivity index (χ0n) is 18.2. The average molecular weight is 427 g/mol. The van der Waals surface area contributed by atoms with Crippen LogP contribution in [0.25, 0.3) is 11.1 Å². The molecule has 0 aliphatic carbocycles. The van der Waals surface area contributed by atoms with Crippen molar-refractivity contribution < 1.29 is 18.8 Å². The zero-order valence-corrected chi connectivity index (χ0v) is 18.2. The standard InChI is InChI=1S/C23H26FN3O4/c1-13(21-25-15(3)26-31-21)10-20(28)17-11-19(16-6-8-18(24)9-7-16)22(29)27(12-17)14(2)23(4,5)30/h6-9,11-14,30H,10H2,1-5H3/t13-,14-/m0/s1. The van der Waals surface area contributed by atoms with Gasteiger partial charge in [0.1, 0.15) is 5.82 Å². The molecule has 0 radical (unpaired) electrons. The Morgan fingerprint density at radius 1 is 1.26 bits per heavy atom. The van der Waals surface area contributed by atoms with Crippen molar-refractivity contribution in [2.45, 2.75) is 58.6 Å². The van der Waals surface area contributed by atoms with E-state index in [1.165, 1.54) is 41.1 Å². The molecule has 3 aromatic rings. The lowest BCUT2D eigenvalue weighted by Crippen LogP contribution is -2.37. The minimum absolute atomic E-state index is 0.0968. The van der Waals surface area contributed by atoms with Gasteiger partial charge in [-0.25, -0.2) is 4.39 Å². The van der Waals surface area contributed by atoms with E-state index in [1.54, 1.807) is 34.6 Å². The van der Waals surface area contributed by atoms with E-state index in [9.17, 15) is 19.1 Å². The number of ketones is 1. The minimum Gasteiger partial charge on any atom is -0.388 e. The van der Waals surface area contributed by atoms with Gasteiger partial charge in [0.25, 0.3) is 5.56 Å². The Bertz CT molecular complexity index is 1140. The topological polar surface area (TPSA) is 98.2 Å². The number of halogens is 1. The number of aromatic nitrogens is 3.